The normalized spacial score (nSPS) is 22.0. The van der Waals surface area contributed by atoms with Crippen LogP contribution in [0.1, 0.15) is 44.1 Å². The van der Waals surface area contributed by atoms with Gasteiger partial charge in [-0.15, -0.1) is 6.42 Å². The third-order valence-corrected chi connectivity index (χ3v) is 10.8. The molecular weight excluding hydrogens is 612 g/mol. The zero-order chi connectivity index (χ0) is 31.7. The van der Waals surface area contributed by atoms with Crippen molar-refractivity contribution in [2.45, 2.75) is 56.1 Å². The van der Waals surface area contributed by atoms with Gasteiger partial charge in [-0.25, -0.2) is 8.78 Å². The fourth-order valence-electron chi connectivity index (χ4n) is 8.35. The molecule has 4 aliphatic rings. The number of hydrogen-bond donors (Lipinski definition) is 2. The number of phenolic OH excluding ortho intramolecular Hbond substituents is 1. The molecule has 0 amide bonds. The van der Waals surface area contributed by atoms with E-state index in [0.29, 0.717) is 36.3 Å². The van der Waals surface area contributed by atoms with E-state index in [2.05, 4.69) is 26.0 Å². The van der Waals surface area contributed by atoms with E-state index >= 15 is 4.39 Å². The van der Waals surface area contributed by atoms with Crippen molar-refractivity contribution >= 4 is 39.1 Å². The highest BCUT2D eigenvalue weighted by molar-refractivity contribution is 6.37. The lowest BCUT2D eigenvalue weighted by molar-refractivity contribution is 0.108. The van der Waals surface area contributed by atoms with Gasteiger partial charge in [-0.05, 0) is 80.8 Å². The van der Waals surface area contributed by atoms with Gasteiger partial charge in [-0.1, -0.05) is 23.6 Å². The first-order valence-electron chi connectivity index (χ1n) is 15.9. The minimum absolute atomic E-state index is 0.0375. The minimum atomic E-state index is -0.770. The Morgan fingerprint density at radius 2 is 1.85 bits per heavy atom. The molecule has 11 heteroatoms. The number of aromatic nitrogens is 2. The second-order valence-electron chi connectivity index (χ2n) is 13.0. The fourth-order valence-corrected chi connectivity index (χ4v) is 8.71. The molecule has 0 aliphatic carbocycles. The zero-order valence-corrected chi connectivity index (χ0v) is 26.3. The van der Waals surface area contributed by atoms with Crippen molar-refractivity contribution < 1.29 is 23.4 Å². The van der Waals surface area contributed by atoms with Gasteiger partial charge in [0.2, 0.25) is 0 Å². The molecule has 0 spiro atoms. The molecule has 2 N–H and O–H groups in total. The van der Waals surface area contributed by atoms with Crippen LogP contribution < -0.4 is 19.7 Å². The van der Waals surface area contributed by atoms with Gasteiger partial charge in [0.25, 0.3) is 0 Å². The molecule has 5 heterocycles. The standard InChI is InChI=1S/C35H34ClF2N5O3/c1-3-23-25(37)9-6-19-14-22(44)15-24(26(19)23)27-29(36)32(45-2)28-31(30(27)38)40-34(46-18-35-10-4-12-43(35)13-5-11-35)41-33(28)42-16-20-7-8-21(17-42)39-20/h1,6,9,14-15,20-21,39,44H,4-5,7-8,10-13,16-18H2,2H3. The van der Waals surface area contributed by atoms with Gasteiger partial charge < -0.3 is 24.8 Å². The van der Waals surface area contributed by atoms with Crippen LogP contribution in [-0.4, -0.2) is 77.5 Å². The Labute approximate surface area is 270 Å². The summed E-state index contributed by atoms with van der Waals surface area (Å²) < 4.78 is 44.5. The maximum absolute atomic E-state index is 17.2. The molecule has 4 fully saturated rings. The predicted octanol–water partition coefficient (Wildman–Crippen LogP) is 6.02. The Morgan fingerprint density at radius 1 is 1.11 bits per heavy atom. The van der Waals surface area contributed by atoms with Gasteiger partial charge in [0.15, 0.2) is 11.6 Å². The third kappa shape index (κ3) is 4.55. The number of benzene rings is 3. The fraction of sp³-hybridized carbons (Fsp3) is 0.429. The summed E-state index contributed by atoms with van der Waals surface area (Å²) in [5.41, 5.74) is -0.155. The average Bonchev–Trinajstić information content (AvgIpc) is 3.73. The number of piperazine rings is 1. The molecular formula is C35H34ClF2N5O3. The van der Waals surface area contributed by atoms with Crippen molar-refractivity contribution in [2.75, 3.05) is 44.8 Å². The SMILES string of the molecule is C#Cc1c(F)ccc2cc(O)cc(-c3c(Cl)c(OC)c4c(N5CC6CCC(C5)N6)nc(OCC56CCCN5CCC6)nc4c3F)c12. The molecule has 0 radical (unpaired) electrons. The van der Waals surface area contributed by atoms with E-state index in [1.54, 1.807) is 0 Å². The molecule has 8 nitrogen and oxygen atoms in total. The van der Waals surface area contributed by atoms with E-state index in [1.807, 2.05) is 0 Å². The molecule has 4 aromatic rings. The molecule has 46 heavy (non-hydrogen) atoms. The summed E-state index contributed by atoms with van der Waals surface area (Å²) in [5, 5.41) is 15.3. The number of fused-ring (bicyclic) bond motifs is 5. The third-order valence-electron chi connectivity index (χ3n) is 10.4. The molecule has 3 aromatic carbocycles. The quantitative estimate of drug-likeness (QED) is 0.246. The minimum Gasteiger partial charge on any atom is -0.508 e. The van der Waals surface area contributed by atoms with Crippen LogP contribution in [0.4, 0.5) is 14.6 Å². The van der Waals surface area contributed by atoms with Crippen molar-refractivity contribution in [1.29, 1.82) is 0 Å². The molecule has 0 saturated carbocycles. The second-order valence-corrected chi connectivity index (χ2v) is 13.4. The molecule has 4 aliphatic heterocycles. The monoisotopic (exact) mass is 645 g/mol. The molecule has 8 rings (SSSR count). The average molecular weight is 646 g/mol. The van der Waals surface area contributed by atoms with Crippen LogP contribution in [0, 0.1) is 24.0 Å². The van der Waals surface area contributed by atoms with Crippen LogP contribution in [0.25, 0.3) is 32.8 Å². The molecule has 238 valence electrons. The molecule has 2 atom stereocenters. The van der Waals surface area contributed by atoms with Gasteiger partial charge >= 0.3 is 6.01 Å². The summed E-state index contributed by atoms with van der Waals surface area (Å²) in [6.07, 6.45) is 12.1. The summed E-state index contributed by atoms with van der Waals surface area (Å²) in [7, 11) is 1.46. The topological polar surface area (TPSA) is 83.0 Å². The van der Waals surface area contributed by atoms with Crippen LogP contribution in [0.15, 0.2) is 24.3 Å². The number of methoxy groups -OCH3 is 1. The van der Waals surface area contributed by atoms with Crippen LogP contribution in [0.3, 0.4) is 0 Å². The smallest absolute Gasteiger partial charge is 0.319 e. The Morgan fingerprint density at radius 3 is 2.54 bits per heavy atom. The number of nitrogens with one attached hydrogen (secondary N) is 1. The number of rotatable bonds is 6. The number of halogens is 3. The Hall–Kier alpha value is -3.91. The number of hydrogen-bond acceptors (Lipinski definition) is 8. The number of nitrogens with zero attached hydrogens (tertiary/aromatic N) is 4. The summed E-state index contributed by atoms with van der Waals surface area (Å²) in [5.74, 6) is 1.48. The lowest BCUT2D eigenvalue weighted by Gasteiger charge is -2.35. The highest BCUT2D eigenvalue weighted by atomic mass is 35.5. The number of phenols is 1. The predicted molar refractivity (Wildman–Crippen MR) is 174 cm³/mol. The Kier molecular flexibility index (Phi) is 7.12. The van der Waals surface area contributed by atoms with E-state index in [4.69, 9.17) is 32.5 Å². The van der Waals surface area contributed by atoms with E-state index in [0.717, 1.165) is 51.6 Å². The maximum atomic E-state index is 17.2. The van der Waals surface area contributed by atoms with Crippen molar-refractivity contribution in [1.82, 2.24) is 20.2 Å². The molecule has 2 unspecified atom stereocenters. The summed E-state index contributed by atoms with van der Waals surface area (Å²) >= 11 is 7.03. The first-order chi connectivity index (χ1) is 22.3. The summed E-state index contributed by atoms with van der Waals surface area (Å²) in [6, 6.07) is 6.12. The number of terminal acetylenes is 1. The number of aromatic hydroxyl groups is 1. The van der Waals surface area contributed by atoms with Gasteiger partial charge in [0.05, 0.1) is 28.6 Å². The zero-order valence-electron chi connectivity index (χ0n) is 25.5. The molecule has 1 aromatic heterocycles. The molecule has 2 bridgehead atoms. The lowest BCUT2D eigenvalue weighted by atomic mass is 9.92. The Balaban J connectivity index is 1.36. The lowest BCUT2D eigenvalue weighted by Crippen LogP contribution is -2.51. The van der Waals surface area contributed by atoms with Crippen molar-refractivity contribution in [3.05, 3.63) is 46.5 Å². The second kappa shape index (κ2) is 11.1. The van der Waals surface area contributed by atoms with Gasteiger partial charge in [0, 0.05) is 36.1 Å². The van der Waals surface area contributed by atoms with Crippen LogP contribution in [0.5, 0.6) is 17.5 Å². The largest absolute Gasteiger partial charge is 0.508 e. The molecule has 4 saturated heterocycles. The van der Waals surface area contributed by atoms with Gasteiger partial charge in [-0.2, -0.15) is 9.97 Å². The highest BCUT2D eigenvalue weighted by Crippen LogP contribution is 2.49. The van der Waals surface area contributed by atoms with Crippen molar-refractivity contribution in [2.24, 2.45) is 0 Å². The summed E-state index contributed by atoms with van der Waals surface area (Å²) in [4.78, 5) is 14.2. The van der Waals surface area contributed by atoms with Gasteiger partial charge in [0.1, 0.15) is 29.5 Å². The van der Waals surface area contributed by atoms with Gasteiger partial charge in [-0.3, -0.25) is 4.90 Å². The van der Waals surface area contributed by atoms with Crippen LogP contribution in [-0.2, 0) is 0 Å². The van der Waals surface area contributed by atoms with E-state index in [9.17, 15) is 9.50 Å². The van der Waals surface area contributed by atoms with E-state index in [1.165, 1.54) is 31.4 Å². The van der Waals surface area contributed by atoms with Crippen molar-refractivity contribution in [3.63, 3.8) is 0 Å². The number of anilines is 1. The maximum Gasteiger partial charge on any atom is 0.319 e. The van der Waals surface area contributed by atoms with E-state index < -0.39 is 11.6 Å². The van der Waals surface area contributed by atoms with Crippen molar-refractivity contribution in [3.8, 4) is 41.0 Å². The van der Waals surface area contributed by atoms with E-state index in [-0.39, 0.29) is 67.7 Å². The Bertz CT molecular complexity index is 1930. The highest BCUT2D eigenvalue weighted by Gasteiger charge is 2.45. The first-order valence-corrected chi connectivity index (χ1v) is 16.3. The summed E-state index contributed by atoms with van der Waals surface area (Å²) in [6.45, 7) is 3.84. The van der Waals surface area contributed by atoms with Crippen LogP contribution in [0.2, 0.25) is 5.02 Å². The van der Waals surface area contributed by atoms with Crippen LogP contribution >= 0.6 is 11.6 Å². The first kappa shape index (κ1) is 29.5. The number of ether oxygens (including phenoxy) is 2.